The van der Waals surface area contributed by atoms with Crippen LogP contribution in [0.15, 0.2) is 8.95 Å². The first-order valence-corrected chi connectivity index (χ1v) is 5.45. The molecule has 0 atom stereocenters. The van der Waals surface area contributed by atoms with Crippen molar-refractivity contribution in [3.05, 3.63) is 25.6 Å². The molecule has 0 amide bonds. The van der Waals surface area contributed by atoms with Crippen LogP contribution in [0.4, 0.5) is 0 Å². The van der Waals surface area contributed by atoms with Crippen molar-refractivity contribution in [1.82, 2.24) is 0 Å². The molecule has 3 N–H and O–H groups in total. The van der Waals surface area contributed by atoms with Crippen LogP contribution in [0.3, 0.4) is 0 Å². The molecule has 13 heavy (non-hydrogen) atoms. The number of halogens is 2. The standard InChI is InChI=1S/C9H11Br2NO/c1-4-7(10)6(3-12)8(11)5(2)9(4)13/h13H,3,12H2,1-2H3. The minimum absolute atomic E-state index is 0.316. The highest BCUT2D eigenvalue weighted by atomic mass is 79.9. The highest BCUT2D eigenvalue weighted by Crippen LogP contribution is 2.38. The second-order valence-corrected chi connectivity index (χ2v) is 4.50. The fourth-order valence-electron chi connectivity index (χ4n) is 1.22. The largest absolute Gasteiger partial charge is 0.507 e. The van der Waals surface area contributed by atoms with Crippen LogP contribution in [0.5, 0.6) is 5.75 Å². The van der Waals surface area contributed by atoms with Gasteiger partial charge in [-0.25, -0.2) is 0 Å². The first-order chi connectivity index (χ1) is 6.00. The number of rotatable bonds is 1. The topological polar surface area (TPSA) is 46.2 Å². The van der Waals surface area contributed by atoms with Gasteiger partial charge in [0.15, 0.2) is 0 Å². The zero-order chi connectivity index (χ0) is 10.2. The van der Waals surface area contributed by atoms with E-state index in [0.29, 0.717) is 12.3 Å². The fourth-order valence-corrected chi connectivity index (χ4v) is 2.58. The van der Waals surface area contributed by atoms with Gasteiger partial charge in [-0.2, -0.15) is 0 Å². The van der Waals surface area contributed by atoms with E-state index in [9.17, 15) is 5.11 Å². The molecule has 0 unspecified atom stereocenters. The molecule has 0 fully saturated rings. The van der Waals surface area contributed by atoms with Gasteiger partial charge in [0, 0.05) is 26.6 Å². The number of hydrogen-bond donors (Lipinski definition) is 2. The number of aromatic hydroxyl groups is 1. The van der Waals surface area contributed by atoms with Crippen molar-refractivity contribution in [2.75, 3.05) is 0 Å². The van der Waals surface area contributed by atoms with E-state index in [1.165, 1.54) is 0 Å². The maximum absolute atomic E-state index is 9.69. The van der Waals surface area contributed by atoms with Gasteiger partial charge in [-0.3, -0.25) is 0 Å². The van der Waals surface area contributed by atoms with Gasteiger partial charge in [-0.15, -0.1) is 0 Å². The van der Waals surface area contributed by atoms with E-state index in [1.807, 2.05) is 13.8 Å². The Morgan fingerprint density at radius 2 is 1.54 bits per heavy atom. The third-order valence-corrected chi connectivity index (χ3v) is 4.25. The predicted molar refractivity (Wildman–Crippen MR) is 60.9 cm³/mol. The van der Waals surface area contributed by atoms with Gasteiger partial charge in [0.25, 0.3) is 0 Å². The highest BCUT2D eigenvalue weighted by Gasteiger charge is 2.14. The Kier molecular flexibility index (Phi) is 3.38. The second kappa shape index (κ2) is 3.98. The molecule has 0 spiro atoms. The van der Waals surface area contributed by atoms with Crippen LogP contribution in [0.1, 0.15) is 16.7 Å². The van der Waals surface area contributed by atoms with Crippen molar-refractivity contribution in [1.29, 1.82) is 0 Å². The predicted octanol–water partition coefficient (Wildman–Crippen LogP) is 2.99. The van der Waals surface area contributed by atoms with Crippen LogP contribution in [-0.4, -0.2) is 5.11 Å². The van der Waals surface area contributed by atoms with Crippen LogP contribution in [0.25, 0.3) is 0 Å². The second-order valence-electron chi connectivity index (χ2n) is 2.91. The normalized spacial score (nSPS) is 10.5. The Hall–Kier alpha value is -0.0600. The summed E-state index contributed by atoms with van der Waals surface area (Å²) in [5, 5.41) is 9.69. The van der Waals surface area contributed by atoms with Gasteiger partial charge < -0.3 is 10.8 Å². The fraction of sp³-hybridized carbons (Fsp3) is 0.333. The molecule has 0 aliphatic carbocycles. The van der Waals surface area contributed by atoms with Crippen LogP contribution in [-0.2, 0) is 6.54 Å². The summed E-state index contributed by atoms with van der Waals surface area (Å²) >= 11 is 6.81. The van der Waals surface area contributed by atoms with Gasteiger partial charge >= 0.3 is 0 Å². The molecule has 2 nitrogen and oxygen atoms in total. The zero-order valence-corrected chi connectivity index (χ0v) is 10.7. The molecule has 0 heterocycles. The van der Waals surface area contributed by atoms with Gasteiger partial charge in [0.2, 0.25) is 0 Å². The summed E-state index contributed by atoms with van der Waals surface area (Å²) in [6.45, 7) is 4.17. The van der Waals surface area contributed by atoms with E-state index in [0.717, 1.165) is 25.6 Å². The molecule has 0 aromatic heterocycles. The lowest BCUT2D eigenvalue weighted by Gasteiger charge is -2.13. The molecule has 0 saturated carbocycles. The number of phenols is 1. The van der Waals surface area contributed by atoms with E-state index in [2.05, 4.69) is 31.9 Å². The highest BCUT2D eigenvalue weighted by molar-refractivity contribution is 9.11. The van der Waals surface area contributed by atoms with Crippen LogP contribution in [0.2, 0.25) is 0 Å². The molecule has 1 aromatic rings. The lowest BCUT2D eigenvalue weighted by Crippen LogP contribution is -2.01. The molecule has 4 heteroatoms. The molecule has 1 rings (SSSR count). The van der Waals surface area contributed by atoms with Crippen molar-refractivity contribution in [3.8, 4) is 5.75 Å². The molecule has 0 aliphatic heterocycles. The third-order valence-electron chi connectivity index (χ3n) is 2.10. The SMILES string of the molecule is Cc1c(O)c(C)c(Br)c(CN)c1Br. The van der Waals surface area contributed by atoms with Crippen LogP contribution < -0.4 is 5.73 Å². The van der Waals surface area contributed by atoms with Crippen molar-refractivity contribution in [3.63, 3.8) is 0 Å². The Morgan fingerprint density at radius 1 is 1.15 bits per heavy atom. The lowest BCUT2D eigenvalue weighted by atomic mass is 10.1. The Labute approximate surface area is 94.4 Å². The van der Waals surface area contributed by atoms with Crippen molar-refractivity contribution < 1.29 is 5.11 Å². The van der Waals surface area contributed by atoms with E-state index in [4.69, 9.17) is 5.73 Å². The monoisotopic (exact) mass is 307 g/mol. The minimum Gasteiger partial charge on any atom is -0.507 e. The van der Waals surface area contributed by atoms with E-state index in [-0.39, 0.29) is 0 Å². The summed E-state index contributed by atoms with van der Waals surface area (Å²) in [6.07, 6.45) is 0. The smallest absolute Gasteiger partial charge is 0.123 e. The van der Waals surface area contributed by atoms with Gasteiger partial charge in [0.05, 0.1) is 0 Å². The number of nitrogens with two attached hydrogens (primary N) is 1. The van der Waals surface area contributed by atoms with Gasteiger partial charge in [0.1, 0.15) is 5.75 Å². The number of benzene rings is 1. The summed E-state index contributed by atoms with van der Waals surface area (Å²) in [4.78, 5) is 0. The van der Waals surface area contributed by atoms with Crippen molar-refractivity contribution >= 4 is 31.9 Å². The van der Waals surface area contributed by atoms with Crippen molar-refractivity contribution in [2.24, 2.45) is 5.73 Å². The van der Waals surface area contributed by atoms with Crippen molar-refractivity contribution in [2.45, 2.75) is 20.4 Å². The van der Waals surface area contributed by atoms with Gasteiger partial charge in [-0.1, -0.05) is 31.9 Å². The maximum Gasteiger partial charge on any atom is 0.123 e. The van der Waals surface area contributed by atoms with Crippen LogP contribution >= 0.6 is 31.9 Å². The molecule has 0 radical (unpaired) electrons. The summed E-state index contributed by atoms with van der Waals surface area (Å²) < 4.78 is 1.76. The quantitative estimate of drug-likeness (QED) is 0.838. The first-order valence-electron chi connectivity index (χ1n) is 3.86. The number of phenolic OH excluding ortho intramolecular Hbond substituents is 1. The summed E-state index contributed by atoms with van der Waals surface area (Å²) in [5.41, 5.74) is 8.26. The summed E-state index contributed by atoms with van der Waals surface area (Å²) in [7, 11) is 0. The average Bonchev–Trinajstić information content (AvgIpc) is 2.13. The van der Waals surface area contributed by atoms with E-state index < -0.39 is 0 Å². The summed E-state index contributed by atoms with van der Waals surface area (Å²) in [6, 6.07) is 0. The first kappa shape index (κ1) is 11.0. The zero-order valence-electron chi connectivity index (χ0n) is 7.49. The molecular weight excluding hydrogens is 298 g/mol. The lowest BCUT2D eigenvalue weighted by molar-refractivity contribution is 0.465. The average molecular weight is 309 g/mol. The maximum atomic E-state index is 9.69. The molecule has 0 saturated heterocycles. The van der Waals surface area contributed by atoms with E-state index in [1.54, 1.807) is 0 Å². The minimum atomic E-state index is 0.316. The van der Waals surface area contributed by atoms with Gasteiger partial charge in [-0.05, 0) is 19.4 Å². The van der Waals surface area contributed by atoms with Crippen LogP contribution in [0, 0.1) is 13.8 Å². The summed E-state index contributed by atoms with van der Waals surface area (Å²) in [5.74, 6) is 0.316. The number of hydrogen-bond acceptors (Lipinski definition) is 2. The van der Waals surface area contributed by atoms with E-state index >= 15 is 0 Å². The molecule has 72 valence electrons. The molecule has 0 aliphatic rings. The Morgan fingerprint density at radius 3 is 1.85 bits per heavy atom. The third kappa shape index (κ3) is 1.75. The molecular formula is C9H11Br2NO. The Bertz CT molecular complexity index is 321. The molecule has 0 bridgehead atoms. The molecule has 1 aromatic carbocycles. The Balaban J connectivity index is 3.56.